The van der Waals surface area contributed by atoms with Gasteiger partial charge in [-0.05, 0) is 42.4 Å². The molecule has 0 bridgehead atoms. The third kappa shape index (κ3) is 2.81. The Balaban J connectivity index is 2.25. The standard InChI is InChI=1S/C14H15BrO4/c15-10-4-2-9(3-5-10)8-14(6-1-7-14)11(12(16)17)13(18)19/h2-5,11H,1,6-8H2,(H,16,17)(H,18,19). The van der Waals surface area contributed by atoms with Crippen molar-refractivity contribution in [3.8, 4) is 0 Å². The molecule has 2 N–H and O–H groups in total. The van der Waals surface area contributed by atoms with Gasteiger partial charge in [-0.3, -0.25) is 9.59 Å². The highest BCUT2D eigenvalue weighted by Crippen LogP contribution is 2.50. The van der Waals surface area contributed by atoms with Crippen molar-refractivity contribution >= 4 is 27.9 Å². The molecule has 0 aliphatic heterocycles. The van der Waals surface area contributed by atoms with Gasteiger partial charge in [-0.2, -0.15) is 0 Å². The normalized spacial score (nSPS) is 16.9. The summed E-state index contributed by atoms with van der Waals surface area (Å²) in [6, 6.07) is 7.59. The lowest BCUT2D eigenvalue weighted by molar-refractivity contribution is -0.165. The SMILES string of the molecule is O=C(O)C(C(=O)O)C1(Cc2ccc(Br)cc2)CCC1. The Morgan fingerprint density at radius 2 is 1.68 bits per heavy atom. The van der Waals surface area contributed by atoms with Crippen molar-refractivity contribution in [2.45, 2.75) is 25.7 Å². The zero-order valence-corrected chi connectivity index (χ0v) is 11.9. The molecule has 1 aliphatic rings. The second-order valence-electron chi connectivity index (χ2n) is 5.13. The zero-order chi connectivity index (χ0) is 14.0. The van der Waals surface area contributed by atoms with Crippen molar-refractivity contribution in [2.24, 2.45) is 11.3 Å². The Morgan fingerprint density at radius 1 is 1.16 bits per heavy atom. The lowest BCUT2D eigenvalue weighted by atomic mass is 9.58. The van der Waals surface area contributed by atoms with Crippen molar-refractivity contribution in [3.63, 3.8) is 0 Å². The van der Waals surface area contributed by atoms with Crippen molar-refractivity contribution in [1.29, 1.82) is 0 Å². The number of rotatable bonds is 5. The van der Waals surface area contributed by atoms with Crippen molar-refractivity contribution < 1.29 is 19.8 Å². The molecule has 0 aromatic heterocycles. The third-order valence-electron chi connectivity index (χ3n) is 3.93. The topological polar surface area (TPSA) is 74.6 Å². The van der Waals surface area contributed by atoms with Crippen molar-refractivity contribution in [1.82, 2.24) is 0 Å². The van der Waals surface area contributed by atoms with E-state index < -0.39 is 23.3 Å². The maximum absolute atomic E-state index is 11.2. The van der Waals surface area contributed by atoms with Crippen LogP contribution in [0.15, 0.2) is 28.7 Å². The average molecular weight is 327 g/mol. The third-order valence-corrected chi connectivity index (χ3v) is 4.45. The summed E-state index contributed by atoms with van der Waals surface area (Å²) in [4.78, 5) is 22.5. The van der Waals surface area contributed by atoms with Gasteiger partial charge in [0.2, 0.25) is 0 Å². The lowest BCUT2D eigenvalue weighted by Gasteiger charge is -2.44. The van der Waals surface area contributed by atoms with Crippen LogP contribution in [0.25, 0.3) is 0 Å². The number of hydrogen-bond acceptors (Lipinski definition) is 2. The smallest absolute Gasteiger partial charge is 0.318 e. The van der Waals surface area contributed by atoms with E-state index in [1.807, 2.05) is 24.3 Å². The number of carbonyl (C=O) groups is 2. The first kappa shape index (κ1) is 14.1. The van der Waals surface area contributed by atoms with Crippen LogP contribution in [0.1, 0.15) is 24.8 Å². The van der Waals surface area contributed by atoms with E-state index in [2.05, 4.69) is 15.9 Å². The fourth-order valence-electron chi connectivity index (χ4n) is 2.84. The molecule has 0 saturated heterocycles. The fourth-order valence-corrected chi connectivity index (χ4v) is 3.10. The van der Waals surface area contributed by atoms with E-state index in [1.165, 1.54) is 0 Å². The number of hydrogen-bond donors (Lipinski definition) is 2. The van der Waals surface area contributed by atoms with E-state index in [0.717, 1.165) is 16.5 Å². The van der Waals surface area contributed by atoms with Crippen LogP contribution in [0.3, 0.4) is 0 Å². The zero-order valence-electron chi connectivity index (χ0n) is 10.3. The maximum atomic E-state index is 11.2. The van der Waals surface area contributed by atoms with Gasteiger partial charge in [-0.25, -0.2) is 0 Å². The monoisotopic (exact) mass is 326 g/mol. The summed E-state index contributed by atoms with van der Waals surface area (Å²) < 4.78 is 0.951. The minimum atomic E-state index is -1.31. The molecule has 1 fully saturated rings. The average Bonchev–Trinajstić information content (AvgIpc) is 2.27. The van der Waals surface area contributed by atoms with Gasteiger partial charge in [0.05, 0.1) is 0 Å². The predicted octanol–water partition coefficient (Wildman–Crippen LogP) is 2.95. The van der Waals surface area contributed by atoms with Crippen LogP contribution in [-0.2, 0) is 16.0 Å². The molecule has 0 unspecified atom stereocenters. The molecular formula is C14H15BrO4. The Kier molecular flexibility index (Phi) is 3.94. The van der Waals surface area contributed by atoms with Gasteiger partial charge in [-0.15, -0.1) is 0 Å². The van der Waals surface area contributed by atoms with E-state index in [1.54, 1.807) is 0 Å². The Bertz CT molecular complexity index is 477. The number of halogens is 1. The summed E-state index contributed by atoms with van der Waals surface area (Å²) in [6.45, 7) is 0. The largest absolute Gasteiger partial charge is 0.481 e. The molecule has 0 spiro atoms. The predicted molar refractivity (Wildman–Crippen MR) is 72.9 cm³/mol. The second kappa shape index (κ2) is 5.33. The molecule has 0 radical (unpaired) electrons. The second-order valence-corrected chi connectivity index (χ2v) is 6.04. The summed E-state index contributed by atoms with van der Waals surface area (Å²) in [6.07, 6.45) is 2.72. The molecule has 102 valence electrons. The van der Waals surface area contributed by atoms with E-state index >= 15 is 0 Å². The van der Waals surface area contributed by atoms with Crippen LogP contribution in [0.5, 0.6) is 0 Å². The first-order valence-electron chi connectivity index (χ1n) is 6.15. The van der Waals surface area contributed by atoms with Gasteiger partial charge in [0.1, 0.15) is 0 Å². The van der Waals surface area contributed by atoms with E-state index in [0.29, 0.717) is 19.3 Å². The summed E-state index contributed by atoms with van der Waals surface area (Å²) in [5.74, 6) is -3.78. The van der Waals surface area contributed by atoms with Crippen LogP contribution in [-0.4, -0.2) is 22.2 Å². The number of benzene rings is 1. The van der Waals surface area contributed by atoms with Gasteiger partial charge >= 0.3 is 11.9 Å². The van der Waals surface area contributed by atoms with Gasteiger partial charge in [0.15, 0.2) is 5.92 Å². The quantitative estimate of drug-likeness (QED) is 0.816. The molecule has 2 rings (SSSR count). The van der Waals surface area contributed by atoms with Crippen LogP contribution >= 0.6 is 15.9 Å². The highest BCUT2D eigenvalue weighted by Gasteiger charge is 2.51. The molecule has 0 heterocycles. The first-order chi connectivity index (χ1) is 8.94. The van der Waals surface area contributed by atoms with E-state index in [9.17, 15) is 19.8 Å². The molecule has 1 saturated carbocycles. The number of carboxylic acids is 2. The molecule has 19 heavy (non-hydrogen) atoms. The minimum Gasteiger partial charge on any atom is -0.481 e. The lowest BCUT2D eigenvalue weighted by Crippen LogP contribution is -2.47. The van der Waals surface area contributed by atoms with E-state index in [4.69, 9.17) is 0 Å². The fraction of sp³-hybridized carbons (Fsp3) is 0.429. The van der Waals surface area contributed by atoms with Crippen LogP contribution in [0, 0.1) is 11.3 Å². The molecule has 0 atom stereocenters. The molecule has 5 heteroatoms. The summed E-state index contributed by atoms with van der Waals surface area (Å²) >= 11 is 3.34. The van der Waals surface area contributed by atoms with Crippen molar-refractivity contribution in [3.05, 3.63) is 34.3 Å². The molecule has 1 aliphatic carbocycles. The van der Waals surface area contributed by atoms with Gasteiger partial charge in [0, 0.05) is 4.47 Å². The van der Waals surface area contributed by atoms with Gasteiger partial charge in [-0.1, -0.05) is 34.5 Å². The van der Waals surface area contributed by atoms with Crippen LogP contribution in [0.4, 0.5) is 0 Å². The molecular weight excluding hydrogens is 312 g/mol. The van der Waals surface area contributed by atoms with Gasteiger partial charge in [0.25, 0.3) is 0 Å². The Labute approximate surface area is 119 Å². The molecule has 4 nitrogen and oxygen atoms in total. The summed E-state index contributed by atoms with van der Waals surface area (Å²) in [5, 5.41) is 18.4. The molecule has 1 aromatic rings. The first-order valence-corrected chi connectivity index (χ1v) is 6.94. The highest BCUT2D eigenvalue weighted by molar-refractivity contribution is 9.10. The number of aliphatic carboxylic acids is 2. The Hall–Kier alpha value is -1.36. The van der Waals surface area contributed by atoms with E-state index in [-0.39, 0.29) is 0 Å². The molecule has 0 amide bonds. The summed E-state index contributed by atoms with van der Waals surface area (Å²) in [7, 11) is 0. The number of carboxylic acid groups (broad SMARTS) is 2. The van der Waals surface area contributed by atoms with Gasteiger partial charge < -0.3 is 10.2 Å². The molecule has 1 aromatic carbocycles. The van der Waals surface area contributed by atoms with Crippen molar-refractivity contribution in [2.75, 3.05) is 0 Å². The summed E-state index contributed by atoms with van der Waals surface area (Å²) in [5.41, 5.74) is 0.348. The van der Waals surface area contributed by atoms with Crippen LogP contribution < -0.4 is 0 Å². The maximum Gasteiger partial charge on any atom is 0.318 e. The van der Waals surface area contributed by atoms with Crippen LogP contribution in [0.2, 0.25) is 0 Å². The Morgan fingerprint density at radius 3 is 2.05 bits per heavy atom. The highest BCUT2D eigenvalue weighted by atomic mass is 79.9. The minimum absolute atomic E-state index is 0.504.